The third-order valence-corrected chi connectivity index (χ3v) is 4.59. The zero-order valence-corrected chi connectivity index (χ0v) is 13.6. The Morgan fingerprint density at radius 3 is 2.96 bits per heavy atom. The average Bonchev–Trinajstić information content (AvgIpc) is 3.04. The Balaban J connectivity index is 1.85. The van der Waals surface area contributed by atoms with E-state index in [1.165, 1.54) is 38.4 Å². The molecule has 0 aromatic carbocycles. The molecule has 0 amide bonds. The fourth-order valence-corrected chi connectivity index (χ4v) is 3.48. The highest BCUT2D eigenvalue weighted by Gasteiger charge is 2.24. The maximum Gasteiger partial charge on any atom is 0.254 e. The molecule has 0 radical (unpaired) electrons. The zero-order chi connectivity index (χ0) is 16.1. The molecule has 1 atom stereocenters. The summed E-state index contributed by atoms with van der Waals surface area (Å²) in [4.78, 5) is 8.61. The molecule has 1 saturated carbocycles. The van der Waals surface area contributed by atoms with Crippen molar-refractivity contribution >= 4 is 11.6 Å². The third kappa shape index (κ3) is 3.79. The predicted octanol–water partition coefficient (Wildman–Crippen LogP) is 2.01. The second-order valence-corrected chi connectivity index (χ2v) is 6.20. The minimum atomic E-state index is 0.185. The van der Waals surface area contributed by atoms with Crippen molar-refractivity contribution in [3.63, 3.8) is 0 Å². The number of ether oxygens (including phenoxy) is 1. The second-order valence-electron chi connectivity index (χ2n) is 6.20. The highest BCUT2D eigenvalue weighted by molar-refractivity contribution is 5.45. The van der Waals surface area contributed by atoms with Gasteiger partial charge in [0.1, 0.15) is 12.1 Å². The quantitative estimate of drug-likeness (QED) is 0.812. The third-order valence-electron chi connectivity index (χ3n) is 4.59. The van der Waals surface area contributed by atoms with Crippen LogP contribution in [0.2, 0.25) is 0 Å². The van der Waals surface area contributed by atoms with Crippen molar-refractivity contribution in [3.05, 3.63) is 18.1 Å². The van der Waals surface area contributed by atoms with Crippen LogP contribution >= 0.6 is 0 Å². The van der Waals surface area contributed by atoms with Crippen LogP contribution < -0.4 is 5.32 Å². The number of hydrogen-bond donors (Lipinski definition) is 2. The van der Waals surface area contributed by atoms with Gasteiger partial charge in [0.2, 0.25) is 0 Å². The molecule has 7 heteroatoms. The number of methoxy groups -OCH3 is 1. The largest absolute Gasteiger partial charge is 0.396 e. The summed E-state index contributed by atoms with van der Waals surface area (Å²) in [6, 6.07) is 2.20. The Morgan fingerprint density at radius 1 is 1.39 bits per heavy atom. The first-order valence-corrected chi connectivity index (χ1v) is 8.38. The molecule has 2 aromatic heterocycles. The first kappa shape index (κ1) is 16.1. The van der Waals surface area contributed by atoms with Gasteiger partial charge in [-0.1, -0.05) is 19.3 Å². The van der Waals surface area contributed by atoms with Crippen LogP contribution in [0.3, 0.4) is 0 Å². The normalized spacial score (nSPS) is 17.5. The van der Waals surface area contributed by atoms with Crippen LogP contribution in [0, 0.1) is 5.92 Å². The Bertz CT molecular complexity index is 624. The van der Waals surface area contributed by atoms with Crippen molar-refractivity contribution < 1.29 is 9.84 Å². The Morgan fingerprint density at radius 2 is 2.22 bits per heavy atom. The number of hydrogen-bond acceptors (Lipinski definition) is 6. The summed E-state index contributed by atoms with van der Waals surface area (Å²) in [5.74, 6) is 2.02. The molecule has 1 aliphatic rings. The number of aliphatic hydroxyl groups is 1. The predicted molar refractivity (Wildman–Crippen MR) is 87.2 cm³/mol. The molecule has 2 heterocycles. The van der Waals surface area contributed by atoms with Gasteiger partial charge in [0.05, 0.1) is 12.3 Å². The minimum Gasteiger partial charge on any atom is -0.396 e. The van der Waals surface area contributed by atoms with E-state index in [0.29, 0.717) is 18.3 Å². The molecule has 23 heavy (non-hydrogen) atoms. The lowest BCUT2D eigenvalue weighted by molar-refractivity contribution is 0.181. The Labute approximate surface area is 136 Å². The van der Waals surface area contributed by atoms with Crippen molar-refractivity contribution in [2.45, 2.75) is 51.2 Å². The van der Waals surface area contributed by atoms with Gasteiger partial charge in [0, 0.05) is 25.8 Å². The first-order valence-electron chi connectivity index (χ1n) is 8.38. The van der Waals surface area contributed by atoms with E-state index < -0.39 is 0 Å². The molecule has 2 N–H and O–H groups in total. The summed E-state index contributed by atoms with van der Waals surface area (Å²) in [5.41, 5.74) is 0.821. The highest BCUT2D eigenvalue weighted by Crippen LogP contribution is 2.29. The number of aliphatic hydroxyl groups excluding tert-OH is 1. The van der Waals surface area contributed by atoms with E-state index in [9.17, 15) is 5.11 Å². The van der Waals surface area contributed by atoms with Crippen LogP contribution in [-0.4, -0.2) is 44.4 Å². The lowest BCUT2D eigenvalue weighted by Gasteiger charge is -2.31. The second kappa shape index (κ2) is 7.70. The molecule has 2 aromatic rings. The van der Waals surface area contributed by atoms with E-state index in [0.717, 1.165) is 17.9 Å². The van der Waals surface area contributed by atoms with Crippen molar-refractivity contribution in [1.29, 1.82) is 0 Å². The maximum absolute atomic E-state index is 9.45. The molecule has 0 bridgehead atoms. The first-order chi connectivity index (χ1) is 11.3. The molecule has 0 unspecified atom stereocenters. The van der Waals surface area contributed by atoms with Gasteiger partial charge < -0.3 is 15.2 Å². The Hall–Kier alpha value is -1.73. The number of nitrogens with zero attached hydrogens (tertiary/aromatic N) is 4. The van der Waals surface area contributed by atoms with Crippen LogP contribution in [0.15, 0.2) is 12.4 Å². The molecule has 3 rings (SSSR count). The Kier molecular flexibility index (Phi) is 5.40. The molecule has 7 nitrogen and oxygen atoms in total. The minimum absolute atomic E-state index is 0.185. The van der Waals surface area contributed by atoms with Gasteiger partial charge in [-0.3, -0.25) is 0 Å². The van der Waals surface area contributed by atoms with E-state index >= 15 is 0 Å². The van der Waals surface area contributed by atoms with Gasteiger partial charge in [0.25, 0.3) is 5.78 Å². The van der Waals surface area contributed by atoms with Crippen molar-refractivity contribution in [3.8, 4) is 0 Å². The van der Waals surface area contributed by atoms with E-state index in [4.69, 9.17) is 4.74 Å². The average molecular weight is 319 g/mol. The lowest BCUT2D eigenvalue weighted by atomic mass is 9.83. The van der Waals surface area contributed by atoms with Crippen LogP contribution in [0.1, 0.15) is 44.2 Å². The van der Waals surface area contributed by atoms with E-state index in [1.54, 1.807) is 11.6 Å². The van der Waals surface area contributed by atoms with Gasteiger partial charge in [-0.15, -0.1) is 0 Å². The molecular formula is C16H25N5O2. The maximum atomic E-state index is 9.45. The van der Waals surface area contributed by atoms with E-state index in [-0.39, 0.29) is 12.6 Å². The molecule has 1 fully saturated rings. The van der Waals surface area contributed by atoms with Crippen LogP contribution in [0.5, 0.6) is 0 Å². The molecular weight excluding hydrogens is 294 g/mol. The number of fused-ring (bicyclic) bond motifs is 1. The van der Waals surface area contributed by atoms with Gasteiger partial charge >= 0.3 is 0 Å². The van der Waals surface area contributed by atoms with Gasteiger partial charge in [-0.2, -0.15) is 14.6 Å². The molecule has 1 aliphatic carbocycles. The fraction of sp³-hybridized carbons (Fsp3) is 0.688. The SMILES string of the molecule is COCc1cc(N[C@@H](CCO)C2CCCCC2)n2ncnc2n1. The van der Waals surface area contributed by atoms with E-state index in [2.05, 4.69) is 20.4 Å². The van der Waals surface area contributed by atoms with Crippen molar-refractivity contribution in [1.82, 2.24) is 19.6 Å². The van der Waals surface area contributed by atoms with Gasteiger partial charge in [-0.25, -0.2) is 4.98 Å². The topological polar surface area (TPSA) is 84.6 Å². The standard InChI is InChI=1S/C16H25N5O2/c1-23-10-13-9-15(21-16(19-13)17-11-18-21)20-14(7-8-22)12-5-3-2-4-6-12/h9,11-12,14,20,22H,2-8,10H2,1H3/t14-/m0/s1. The molecule has 0 aliphatic heterocycles. The summed E-state index contributed by atoms with van der Waals surface area (Å²) in [6.45, 7) is 0.622. The molecule has 126 valence electrons. The van der Waals surface area contributed by atoms with Crippen molar-refractivity contribution in [2.75, 3.05) is 19.0 Å². The van der Waals surface area contributed by atoms with Gasteiger partial charge in [0.15, 0.2) is 0 Å². The monoisotopic (exact) mass is 319 g/mol. The van der Waals surface area contributed by atoms with Crippen LogP contribution in [-0.2, 0) is 11.3 Å². The van der Waals surface area contributed by atoms with Gasteiger partial charge in [-0.05, 0) is 25.2 Å². The highest BCUT2D eigenvalue weighted by atomic mass is 16.5. The number of rotatable bonds is 7. The summed E-state index contributed by atoms with van der Waals surface area (Å²) >= 11 is 0. The number of nitrogens with one attached hydrogen (secondary N) is 1. The number of aromatic nitrogens is 4. The number of anilines is 1. The molecule has 0 saturated heterocycles. The van der Waals surface area contributed by atoms with Crippen molar-refractivity contribution in [2.24, 2.45) is 5.92 Å². The molecule has 0 spiro atoms. The van der Waals surface area contributed by atoms with Crippen LogP contribution in [0.25, 0.3) is 5.78 Å². The summed E-state index contributed by atoms with van der Waals surface area (Å²) < 4.78 is 6.90. The summed E-state index contributed by atoms with van der Waals surface area (Å²) in [6.07, 6.45) is 8.55. The summed E-state index contributed by atoms with van der Waals surface area (Å²) in [7, 11) is 1.65. The summed E-state index contributed by atoms with van der Waals surface area (Å²) in [5, 5.41) is 17.3. The smallest absolute Gasteiger partial charge is 0.254 e. The van der Waals surface area contributed by atoms with Crippen LogP contribution in [0.4, 0.5) is 5.82 Å². The zero-order valence-electron chi connectivity index (χ0n) is 13.6. The van der Waals surface area contributed by atoms with E-state index in [1.807, 2.05) is 6.07 Å². The fourth-order valence-electron chi connectivity index (χ4n) is 3.48. The lowest BCUT2D eigenvalue weighted by Crippen LogP contribution is -2.32.